The molecule has 0 aromatic heterocycles. The van der Waals surface area contributed by atoms with Crippen LogP contribution in [-0.4, -0.2) is 61.6 Å². The molecule has 1 aliphatic heterocycles. The van der Waals surface area contributed by atoms with Gasteiger partial charge in [0.05, 0.1) is 37.9 Å². The molecule has 3 atom stereocenters. The average Bonchev–Trinajstić information content (AvgIpc) is 3.57. The number of aliphatic hydroxyl groups is 1. The molecule has 1 aliphatic rings. The van der Waals surface area contributed by atoms with E-state index in [9.17, 15) is 27.7 Å². The number of hydrazine groups is 1. The molecule has 0 spiro atoms. The number of carbonyl (C=O) groups excluding carboxylic acids is 2. The monoisotopic (exact) mass is 992 g/mol. The third kappa shape index (κ3) is 12.3. The van der Waals surface area contributed by atoms with Crippen LogP contribution in [0.15, 0.2) is 112 Å². The topological polar surface area (TPSA) is 164 Å². The molecule has 348 valence electrons. The zero-order valence-electron chi connectivity index (χ0n) is 37.2. The minimum absolute atomic E-state index is 0.0144. The van der Waals surface area contributed by atoms with Gasteiger partial charge in [-0.2, -0.15) is 8.42 Å². The Morgan fingerprint density at radius 1 is 0.818 bits per heavy atom. The Balaban J connectivity index is 1.17. The first-order chi connectivity index (χ1) is 31.4. The quantitative estimate of drug-likeness (QED) is 0.0630. The lowest BCUT2D eigenvalue weighted by atomic mass is 9.81. The van der Waals surface area contributed by atoms with Gasteiger partial charge in [-0.15, -0.1) is 0 Å². The molecule has 1 saturated heterocycles. The fourth-order valence-electron chi connectivity index (χ4n) is 8.01. The van der Waals surface area contributed by atoms with Crippen molar-refractivity contribution in [2.75, 3.05) is 30.1 Å². The van der Waals surface area contributed by atoms with E-state index < -0.39 is 16.0 Å². The van der Waals surface area contributed by atoms with Gasteiger partial charge in [-0.1, -0.05) is 104 Å². The number of hydrogen-bond donors (Lipinski definition) is 4. The Bertz CT molecular complexity index is 2730. The number of hydrogen-bond acceptors (Lipinski definition) is 8. The van der Waals surface area contributed by atoms with Crippen LogP contribution in [0.1, 0.15) is 90.9 Å². The number of nitrogens with one attached hydrogen (secondary N) is 2. The zero-order valence-corrected chi connectivity index (χ0v) is 41.0. The molecule has 66 heavy (non-hydrogen) atoms. The van der Waals surface area contributed by atoms with Crippen LogP contribution < -0.4 is 20.7 Å². The minimum Gasteiger partial charge on any atom is -0.395 e. The molecule has 1 fully saturated rings. The van der Waals surface area contributed by atoms with E-state index in [2.05, 4.69) is 43.6 Å². The van der Waals surface area contributed by atoms with Gasteiger partial charge in [0, 0.05) is 36.4 Å². The molecule has 0 radical (unpaired) electrons. The molecule has 5 aromatic rings. The lowest BCUT2D eigenvalue weighted by molar-refractivity contribution is -0.112. The van der Waals surface area contributed by atoms with Gasteiger partial charge in [-0.25, -0.2) is 15.0 Å². The Kier molecular flexibility index (Phi) is 17.0. The molecular weight excluding hydrogens is 942 g/mol. The predicted octanol–water partition coefficient (Wildman–Crippen LogP) is 11.7. The van der Waals surface area contributed by atoms with Crippen LogP contribution in [0.3, 0.4) is 0 Å². The van der Waals surface area contributed by atoms with E-state index in [-0.39, 0.29) is 78.4 Å². The fourth-order valence-corrected chi connectivity index (χ4v) is 9.64. The maximum atomic E-state index is 14.2. The summed E-state index contributed by atoms with van der Waals surface area (Å²) in [5.74, 6) is 0.0423. The average molecular weight is 995 g/mol. The summed E-state index contributed by atoms with van der Waals surface area (Å²) >= 11 is 26.0. The molecular formula is C49H52Cl4N6O6S. The molecule has 5 aromatic carbocycles. The number of benzene rings is 5. The van der Waals surface area contributed by atoms with E-state index in [4.69, 9.17) is 56.4 Å². The van der Waals surface area contributed by atoms with Crippen molar-refractivity contribution in [2.24, 2.45) is 15.9 Å². The number of aryl methyl sites for hydroxylation is 1. The third-order valence-corrected chi connectivity index (χ3v) is 13.7. The first-order valence-corrected chi connectivity index (χ1v) is 24.5. The van der Waals surface area contributed by atoms with Crippen molar-refractivity contribution in [1.29, 1.82) is 0 Å². The Morgan fingerprint density at radius 3 is 1.98 bits per heavy atom. The summed E-state index contributed by atoms with van der Waals surface area (Å²) < 4.78 is 32.4. The summed E-state index contributed by atoms with van der Waals surface area (Å²) in [6, 6.07) is 27.8. The van der Waals surface area contributed by atoms with E-state index in [0.29, 0.717) is 24.1 Å². The molecule has 2 amide bonds. The van der Waals surface area contributed by atoms with Crippen LogP contribution in [0, 0.1) is 12.8 Å². The predicted molar refractivity (Wildman–Crippen MR) is 268 cm³/mol. The van der Waals surface area contributed by atoms with Gasteiger partial charge in [0.15, 0.2) is 11.5 Å². The molecule has 12 nitrogen and oxygen atoms in total. The van der Waals surface area contributed by atoms with Crippen molar-refractivity contribution in [3.63, 3.8) is 0 Å². The lowest BCUT2D eigenvalue weighted by Gasteiger charge is -2.24. The maximum Gasteiger partial charge on any atom is 0.299 e. The normalized spacial score (nSPS) is 15.5. The highest BCUT2D eigenvalue weighted by molar-refractivity contribution is 7.85. The third-order valence-electron chi connectivity index (χ3n) is 11.7. The van der Waals surface area contributed by atoms with Gasteiger partial charge in [-0.3, -0.25) is 19.6 Å². The number of aliphatic hydroxyl groups excluding tert-OH is 1. The van der Waals surface area contributed by atoms with Gasteiger partial charge >= 0.3 is 0 Å². The highest BCUT2D eigenvalue weighted by Gasteiger charge is 2.37. The maximum absolute atomic E-state index is 14.2. The van der Waals surface area contributed by atoms with Crippen LogP contribution >= 0.6 is 46.4 Å². The number of rotatable bonds is 18. The van der Waals surface area contributed by atoms with Gasteiger partial charge < -0.3 is 15.3 Å². The molecule has 0 aliphatic carbocycles. The molecule has 17 heteroatoms. The van der Waals surface area contributed by atoms with Gasteiger partial charge in [0.2, 0.25) is 0 Å². The van der Waals surface area contributed by atoms with Crippen molar-refractivity contribution in [2.45, 2.75) is 76.7 Å². The summed E-state index contributed by atoms with van der Waals surface area (Å²) in [5.41, 5.74) is 8.83. The van der Waals surface area contributed by atoms with Crippen LogP contribution in [0.4, 0.5) is 22.7 Å². The highest BCUT2D eigenvalue weighted by Crippen LogP contribution is 2.39. The summed E-state index contributed by atoms with van der Waals surface area (Å²) in [7, 11) is -2.38. The number of aliphatic imine (C=N–C) groups is 2. The second-order valence-corrected chi connectivity index (χ2v) is 19.5. The highest BCUT2D eigenvalue weighted by atomic mass is 35.5. The van der Waals surface area contributed by atoms with Crippen molar-refractivity contribution in [1.82, 2.24) is 10.7 Å². The minimum atomic E-state index is -4.24. The van der Waals surface area contributed by atoms with Crippen molar-refractivity contribution < 1.29 is 27.7 Å². The standard InChI is InChI=1S/C49H52Cl4N6O6S/c1-6-32(22-29(3)23-33(7-2)35-12-16-39(17-13-35)66(63,64)65)34-10-8-31(9-11-34)28-54-48(61)36-14-18-40(51)44(25-36)56-47-45(55-43-19-15-38(24-30(43)4)58(5)20-21-60)49(62)59(57-47)46-41(52)26-37(50)27-42(46)53/h8-19,24-27,29,32-33,60H,6-7,20-23,28H2,1-5H3,(H,54,61)(H,56,57)(H,63,64,65). The summed E-state index contributed by atoms with van der Waals surface area (Å²) in [6.07, 6.45) is 3.78. The zero-order chi connectivity index (χ0) is 47.9. The summed E-state index contributed by atoms with van der Waals surface area (Å²) in [4.78, 5) is 39.0. The Hall–Kier alpha value is -4.99. The lowest BCUT2D eigenvalue weighted by Crippen LogP contribution is -2.36. The van der Waals surface area contributed by atoms with Gasteiger partial charge in [0.25, 0.3) is 21.9 Å². The van der Waals surface area contributed by atoms with Crippen LogP contribution in [0.25, 0.3) is 0 Å². The van der Waals surface area contributed by atoms with E-state index in [1.54, 1.807) is 30.3 Å². The molecule has 4 N–H and O–H groups in total. The Morgan fingerprint density at radius 2 is 1.42 bits per heavy atom. The molecule has 1 heterocycles. The van der Waals surface area contributed by atoms with Crippen molar-refractivity contribution in [3.05, 3.63) is 145 Å². The number of halogens is 4. The molecule has 0 saturated carbocycles. The van der Waals surface area contributed by atoms with E-state index in [0.717, 1.165) is 53.1 Å². The molecule has 0 bridgehead atoms. The number of amidine groups is 1. The van der Waals surface area contributed by atoms with Crippen LogP contribution in [0.5, 0.6) is 0 Å². The Labute approximate surface area is 406 Å². The number of likely N-dealkylation sites (N-methyl/N-ethyl adjacent to an activating group) is 1. The number of carbonyl (C=O) groups is 2. The first kappa shape index (κ1) is 50.4. The summed E-state index contributed by atoms with van der Waals surface area (Å²) in [6.45, 7) is 9.09. The number of nitrogens with zero attached hydrogens (tertiary/aromatic N) is 4. The summed E-state index contributed by atoms with van der Waals surface area (Å²) in [5, 5.41) is 14.3. The van der Waals surface area contributed by atoms with Crippen molar-refractivity contribution in [3.8, 4) is 0 Å². The smallest absolute Gasteiger partial charge is 0.299 e. The van der Waals surface area contributed by atoms with E-state index >= 15 is 0 Å². The SMILES string of the molecule is CCC(CC(C)CC(CC)c1ccc(S(=O)(=O)O)cc1)c1ccc(CNC(=O)c2ccc(Cl)c(N=C3NN(c4c(Cl)cc(Cl)cc4Cl)C(=O)C3=Nc3ccc(N(C)CCO)cc3C)c2)cc1. The van der Waals surface area contributed by atoms with Crippen molar-refractivity contribution >= 4 is 103 Å². The first-order valence-electron chi connectivity index (χ1n) is 21.5. The fraction of sp³-hybridized carbons (Fsp3) is 0.306. The second kappa shape index (κ2) is 22.2. The van der Waals surface area contributed by atoms with Crippen LogP contribution in [-0.2, 0) is 21.5 Å². The number of amides is 2. The molecule has 6 rings (SSSR count). The van der Waals surface area contributed by atoms with Gasteiger partial charge in [0.1, 0.15) is 5.69 Å². The van der Waals surface area contributed by atoms with Crippen LogP contribution in [0.2, 0.25) is 20.1 Å². The van der Waals surface area contributed by atoms with E-state index in [1.165, 1.54) is 35.9 Å². The van der Waals surface area contributed by atoms with E-state index in [1.807, 2.05) is 43.1 Å². The largest absolute Gasteiger partial charge is 0.395 e. The number of anilines is 2. The second-order valence-electron chi connectivity index (χ2n) is 16.4. The van der Waals surface area contributed by atoms with Gasteiger partial charge in [-0.05, 0) is 133 Å². The molecule has 3 unspecified atom stereocenters.